The molecule has 0 aliphatic carbocycles. The highest BCUT2D eigenvalue weighted by Crippen LogP contribution is 2.22. The smallest absolute Gasteiger partial charge is 0.245 e. The molecule has 5 nitrogen and oxygen atoms in total. The zero-order valence-electron chi connectivity index (χ0n) is 12.6. The maximum atomic E-state index is 12.6. The number of aromatic nitrogens is 1. The maximum Gasteiger partial charge on any atom is 0.245 e. The molecule has 1 atom stereocenters. The zero-order chi connectivity index (χ0) is 16.4. The maximum absolute atomic E-state index is 12.6. The van der Waals surface area contributed by atoms with Gasteiger partial charge in [0.05, 0.1) is 6.54 Å². The van der Waals surface area contributed by atoms with Crippen LogP contribution in [0.5, 0.6) is 0 Å². The molecule has 0 radical (unpaired) electrons. The molecule has 1 fully saturated rings. The van der Waals surface area contributed by atoms with Gasteiger partial charge in [0.2, 0.25) is 11.8 Å². The second-order valence-corrected chi connectivity index (χ2v) is 6.80. The normalized spacial score (nSPS) is 18.6. The Bertz CT molecular complexity index is 720. The van der Waals surface area contributed by atoms with Gasteiger partial charge in [0.15, 0.2) is 0 Å². The molecule has 0 unspecified atom stereocenters. The molecule has 1 aliphatic rings. The number of benzene rings is 1. The number of piperazine rings is 1. The van der Waals surface area contributed by atoms with Gasteiger partial charge in [-0.2, -0.15) is 0 Å². The van der Waals surface area contributed by atoms with Crippen molar-refractivity contribution in [3.8, 4) is 0 Å². The number of carbonyl (C=O) groups excluding carboxylic acids is 2. The average molecular weight is 350 g/mol. The van der Waals surface area contributed by atoms with Gasteiger partial charge in [-0.25, -0.2) is 4.98 Å². The van der Waals surface area contributed by atoms with E-state index in [2.05, 4.69) is 4.98 Å². The number of halogens is 1. The average Bonchev–Trinajstić information content (AvgIpc) is 3.04. The molecule has 2 heterocycles. The van der Waals surface area contributed by atoms with E-state index in [0.29, 0.717) is 18.1 Å². The van der Waals surface area contributed by atoms with Gasteiger partial charge in [0.1, 0.15) is 17.6 Å². The van der Waals surface area contributed by atoms with Crippen molar-refractivity contribution in [2.24, 2.45) is 0 Å². The van der Waals surface area contributed by atoms with E-state index in [9.17, 15) is 9.59 Å². The van der Waals surface area contributed by atoms with Crippen molar-refractivity contribution < 1.29 is 9.59 Å². The molecule has 0 N–H and O–H groups in total. The van der Waals surface area contributed by atoms with Crippen LogP contribution in [0.3, 0.4) is 0 Å². The van der Waals surface area contributed by atoms with Crippen LogP contribution in [-0.4, -0.2) is 39.2 Å². The molecule has 1 saturated heterocycles. The fourth-order valence-electron chi connectivity index (χ4n) is 2.61. The lowest BCUT2D eigenvalue weighted by molar-refractivity contribution is -0.156. The Labute approximate surface area is 143 Å². The summed E-state index contributed by atoms with van der Waals surface area (Å²) in [5, 5.41) is 3.29. The fraction of sp³-hybridized carbons (Fsp3) is 0.312. The monoisotopic (exact) mass is 349 g/mol. The summed E-state index contributed by atoms with van der Waals surface area (Å²) in [6.45, 7) is 2.55. The molecule has 2 aromatic rings. The molecule has 1 aromatic heterocycles. The molecule has 7 heteroatoms. The highest BCUT2D eigenvalue weighted by Gasteiger charge is 2.36. The Morgan fingerprint density at radius 1 is 1.30 bits per heavy atom. The first-order valence-corrected chi connectivity index (χ1v) is 8.52. The van der Waals surface area contributed by atoms with Gasteiger partial charge in [0.25, 0.3) is 0 Å². The summed E-state index contributed by atoms with van der Waals surface area (Å²) in [5.41, 5.74) is 0.843. The minimum Gasteiger partial charge on any atom is -0.327 e. The van der Waals surface area contributed by atoms with E-state index < -0.39 is 6.04 Å². The van der Waals surface area contributed by atoms with E-state index in [-0.39, 0.29) is 18.4 Å². The highest BCUT2D eigenvalue weighted by atomic mass is 35.5. The van der Waals surface area contributed by atoms with Crippen LogP contribution in [0.2, 0.25) is 5.02 Å². The SMILES string of the molecule is C[C@H]1C(=O)N(Cc2ccccc2Cl)CC(=O)N1Cc1nccs1. The Kier molecular flexibility index (Phi) is 4.63. The quantitative estimate of drug-likeness (QED) is 0.852. The summed E-state index contributed by atoms with van der Waals surface area (Å²) < 4.78 is 0. The number of nitrogens with zero attached hydrogens (tertiary/aromatic N) is 3. The second-order valence-electron chi connectivity index (χ2n) is 5.41. The standard InChI is InChI=1S/C16H16ClN3O2S/c1-11-16(22)19(8-12-4-2-3-5-13(12)17)10-15(21)20(11)9-14-18-6-7-23-14/h2-7,11H,8-10H2,1H3/t11-/m0/s1. The molecular weight excluding hydrogens is 334 g/mol. The Morgan fingerprint density at radius 3 is 2.78 bits per heavy atom. The fourth-order valence-corrected chi connectivity index (χ4v) is 3.42. The van der Waals surface area contributed by atoms with E-state index in [0.717, 1.165) is 10.6 Å². The van der Waals surface area contributed by atoms with Crippen molar-refractivity contribution in [3.05, 3.63) is 51.4 Å². The Balaban J connectivity index is 1.73. The van der Waals surface area contributed by atoms with Gasteiger partial charge in [-0.3, -0.25) is 9.59 Å². The van der Waals surface area contributed by atoms with Gasteiger partial charge in [-0.1, -0.05) is 29.8 Å². The number of thiazole rings is 1. The Morgan fingerprint density at radius 2 is 2.09 bits per heavy atom. The van der Waals surface area contributed by atoms with Crippen LogP contribution >= 0.6 is 22.9 Å². The lowest BCUT2D eigenvalue weighted by Crippen LogP contribution is -2.58. The van der Waals surface area contributed by atoms with Crippen LogP contribution in [0.4, 0.5) is 0 Å². The van der Waals surface area contributed by atoms with Gasteiger partial charge >= 0.3 is 0 Å². The van der Waals surface area contributed by atoms with Crippen molar-refractivity contribution >= 4 is 34.8 Å². The first-order chi connectivity index (χ1) is 11.1. The number of amides is 2. The van der Waals surface area contributed by atoms with Crippen molar-refractivity contribution in [1.82, 2.24) is 14.8 Å². The molecule has 0 saturated carbocycles. The summed E-state index contributed by atoms with van der Waals surface area (Å²) in [6, 6.07) is 6.86. The minimum atomic E-state index is -0.498. The van der Waals surface area contributed by atoms with Crippen molar-refractivity contribution in [2.45, 2.75) is 26.1 Å². The zero-order valence-corrected chi connectivity index (χ0v) is 14.2. The molecule has 3 rings (SSSR count). The molecule has 1 aliphatic heterocycles. The van der Waals surface area contributed by atoms with Crippen LogP contribution < -0.4 is 0 Å². The topological polar surface area (TPSA) is 53.5 Å². The van der Waals surface area contributed by atoms with Crippen LogP contribution in [0.15, 0.2) is 35.8 Å². The predicted molar refractivity (Wildman–Crippen MR) is 89.0 cm³/mol. The molecule has 1 aromatic carbocycles. The summed E-state index contributed by atoms with van der Waals surface area (Å²) in [4.78, 5) is 32.4. The number of hydrogen-bond donors (Lipinski definition) is 0. The van der Waals surface area contributed by atoms with Crippen LogP contribution in [0, 0.1) is 0 Å². The molecule has 120 valence electrons. The van der Waals surface area contributed by atoms with E-state index in [4.69, 9.17) is 11.6 Å². The summed E-state index contributed by atoms with van der Waals surface area (Å²) in [5.74, 6) is -0.138. The second kappa shape index (κ2) is 6.68. The van der Waals surface area contributed by atoms with Gasteiger partial charge in [-0.05, 0) is 18.6 Å². The third kappa shape index (κ3) is 3.38. The Hall–Kier alpha value is -1.92. The molecular formula is C16H16ClN3O2S. The molecule has 23 heavy (non-hydrogen) atoms. The lowest BCUT2D eigenvalue weighted by atomic mass is 10.1. The largest absolute Gasteiger partial charge is 0.327 e. The van der Waals surface area contributed by atoms with Crippen LogP contribution in [0.25, 0.3) is 0 Å². The van der Waals surface area contributed by atoms with E-state index in [1.807, 2.05) is 23.6 Å². The predicted octanol–water partition coefficient (Wildman–Crippen LogP) is 2.56. The van der Waals surface area contributed by atoms with E-state index >= 15 is 0 Å². The highest BCUT2D eigenvalue weighted by molar-refractivity contribution is 7.09. The first-order valence-electron chi connectivity index (χ1n) is 7.26. The van der Waals surface area contributed by atoms with Crippen molar-refractivity contribution in [3.63, 3.8) is 0 Å². The van der Waals surface area contributed by atoms with Gasteiger partial charge in [0, 0.05) is 23.1 Å². The number of hydrogen-bond acceptors (Lipinski definition) is 4. The lowest BCUT2D eigenvalue weighted by Gasteiger charge is -2.38. The number of carbonyl (C=O) groups is 2. The summed E-state index contributed by atoms with van der Waals surface area (Å²) in [7, 11) is 0. The summed E-state index contributed by atoms with van der Waals surface area (Å²) >= 11 is 7.63. The third-order valence-electron chi connectivity index (χ3n) is 3.89. The van der Waals surface area contributed by atoms with E-state index in [1.165, 1.54) is 11.3 Å². The van der Waals surface area contributed by atoms with Gasteiger partial charge in [-0.15, -0.1) is 11.3 Å². The minimum absolute atomic E-state index is 0.0684. The molecule has 0 bridgehead atoms. The first kappa shape index (κ1) is 16.0. The third-order valence-corrected chi connectivity index (χ3v) is 5.02. The molecule has 0 spiro atoms. The van der Waals surface area contributed by atoms with Gasteiger partial charge < -0.3 is 9.80 Å². The molecule has 2 amide bonds. The van der Waals surface area contributed by atoms with Crippen molar-refractivity contribution in [2.75, 3.05) is 6.54 Å². The van der Waals surface area contributed by atoms with Crippen LogP contribution in [-0.2, 0) is 22.7 Å². The van der Waals surface area contributed by atoms with Crippen LogP contribution in [0.1, 0.15) is 17.5 Å². The van der Waals surface area contributed by atoms with E-state index in [1.54, 1.807) is 29.0 Å². The van der Waals surface area contributed by atoms with Crippen molar-refractivity contribution in [1.29, 1.82) is 0 Å². The number of rotatable bonds is 4. The summed E-state index contributed by atoms with van der Waals surface area (Å²) in [6.07, 6.45) is 1.70.